The van der Waals surface area contributed by atoms with Gasteiger partial charge in [-0.25, -0.2) is 0 Å². The Morgan fingerprint density at radius 2 is 1.82 bits per heavy atom. The van der Waals surface area contributed by atoms with E-state index in [-0.39, 0.29) is 11.7 Å². The maximum atomic E-state index is 12.4. The zero-order chi connectivity index (χ0) is 25.8. The molecule has 0 unspecified atom stereocenters. The van der Waals surface area contributed by atoms with Crippen LogP contribution in [0.5, 0.6) is 5.75 Å². The van der Waals surface area contributed by atoms with Gasteiger partial charge in [0.25, 0.3) is 0 Å². The van der Waals surface area contributed by atoms with Crippen LogP contribution in [-0.2, 0) is 17.8 Å². The zero-order valence-electron chi connectivity index (χ0n) is 21.1. The van der Waals surface area contributed by atoms with Crippen LogP contribution in [0.15, 0.2) is 35.2 Å². The topological polar surface area (TPSA) is 81.6 Å². The predicted molar refractivity (Wildman–Crippen MR) is 138 cm³/mol. The molecular weight excluding hydrogens is 456 g/mol. The minimum atomic E-state index is -2.82. The molecule has 8 heteroatoms. The Kier molecular flexibility index (Phi) is 13.3. The summed E-state index contributed by atoms with van der Waals surface area (Å²) >= 11 is 1.31. The van der Waals surface area contributed by atoms with Gasteiger partial charge in [0.2, 0.25) is 0 Å². The highest BCUT2D eigenvalue weighted by Gasteiger charge is 2.28. The van der Waals surface area contributed by atoms with Crippen molar-refractivity contribution in [3.8, 4) is 5.75 Å². The Morgan fingerprint density at radius 3 is 2.26 bits per heavy atom. The summed E-state index contributed by atoms with van der Waals surface area (Å²) < 4.78 is 29.3. The Morgan fingerprint density at radius 1 is 1.18 bits per heavy atom. The van der Waals surface area contributed by atoms with Gasteiger partial charge in [-0.1, -0.05) is 26.0 Å². The lowest BCUT2D eigenvalue weighted by Crippen LogP contribution is -2.10. The van der Waals surface area contributed by atoms with Gasteiger partial charge in [0.1, 0.15) is 12.0 Å². The zero-order valence-corrected chi connectivity index (χ0v) is 21.9. The Balaban J connectivity index is 0.000000337. The van der Waals surface area contributed by atoms with Gasteiger partial charge < -0.3 is 20.2 Å². The summed E-state index contributed by atoms with van der Waals surface area (Å²) in [4.78, 5) is 14.2. The average molecular weight is 496 g/mol. The molecule has 0 amide bonds. The molecule has 4 N–H and O–H groups in total. The molecule has 0 saturated heterocycles. The van der Waals surface area contributed by atoms with Crippen LogP contribution in [0.4, 0.5) is 8.78 Å². The summed E-state index contributed by atoms with van der Waals surface area (Å²) in [6.07, 6.45) is 3.33. The lowest BCUT2D eigenvalue weighted by atomic mass is 9.89. The molecule has 0 radical (unpaired) electrons. The van der Waals surface area contributed by atoms with Crippen LogP contribution in [0.25, 0.3) is 0 Å². The van der Waals surface area contributed by atoms with Crippen molar-refractivity contribution in [2.24, 2.45) is 10.9 Å². The van der Waals surface area contributed by atoms with Gasteiger partial charge in [-0.05, 0) is 111 Å². The molecule has 0 atom stereocenters. The third-order valence-corrected chi connectivity index (χ3v) is 6.02. The van der Waals surface area contributed by atoms with E-state index >= 15 is 0 Å². The number of hydrogen-bond donors (Lipinski definition) is 2. The molecule has 0 bridgehead atoms. The van der Waals surface area contributed by atoms with Crippen molar-refractivity contribution in [2.45, 2.75) is 69.9 Å². The molecule has 2 aromatic carbocycles. The number of benzene rings is 2. The maximum Gasteiger partial charge on any atom is 0.387 e. The van der Waals surface area contributed by atoms with E-state index in [0.717, 1.165) is 47.3 Å². The Labute approximate surface area is 207 Å². The van der Waals surface area contributed by atoms with Gasteiger partial charge in [0.05, 0.1) is 0 Å². The highest BCUT2D eigenvalue weighted by Crippen LogP contribution is 2.45. The third kappa shape index (κ3) is 9.70. The van der Waals surface area contributed by atoms with Crippen LogP contribution < -0.4 is 15.6 Å². The molecule has 1 aliphatic rings. The highest BCUT2D eigenvalue weighted by molar-refractivity contribution is 7.97. The fourth-order valence-electron chi connectivity index (χ4n) is 3.76. The SMILES string of the molecule is CC(C)c1cc(OC(F)F)cc(C2CC2)c1CC=O.CN.Cc1cc(CN(C)C)ccc1SN. The number of ether oxygens (including phenoxy) is 1. The van der Waals surface area contributed by atoms with Crippen molar-refractivity contribution in [1.29, 1.82) is 0 Å². The van der Waals surface area contributed by atoms with E-state index in [2.05, 4.69) is 54.6 Å². The van der Waals surface area contributed by atoms with Crippen LogP contribution in [0.3, 0.4) is 0 Å². The number of alkyl halides is 2. The molecule has 1 saturated carbocycles. The maximum absolute atomic E-state index is 12.4. The number of aryl methyl sites for hydroxylation is 1. The van der Waals surface area contributed by atoms with E-state index in [9.17, 15) is 13.6 Å². The standard InChI is InChI=1S/C15H18F2O2.C10H16N2S.CH5N/c1-9(2)13-7-11(19-15(16)17)8-14(10-3-4-10)12(13)5-6-18;1-8-6-9(7-12(2)3)4-5-10(8)13-11;1-2/h6-10,15H,3-5H2,1-2H3;4-6H,7,11H2,1-3H3;2H2,1H3. The molecule has 1 aliphatic carbocycles. The summed E-state index contributed by atoms with van der Waals surface area (Å²) in [6, 6.07) is 9.71. The lowest BCUT2D eigenvalue weighted by molar-refractivity contribution is -0.107. The second kappa shape index (κ2) is 15.1. The second-order valence-corrected chi connectivity index (χ2v) is 9.39. The largest absolute Gasteiger partial charge is 0.435 e. The Bertz CT molecular complexity index is 881. The summed E-state index contributed by atoms with van der Waals surface area (Å²) in [5.41, 5.74) is 10.0. The number of nitrogens with zero attached hydrogens (tertiary/aromatic N) is 1. The first kappa shape index (κ1) is 30.0. The number of aldehydes is 1. The van der Waals surface area contributed by atoms with Crippen LogP contribution in [0, 0.1) is 6.92 Å². The molecule has 3 rings (SSSR count). The van der Waals surface area contributed by atoms with Crippen LogP contribution in [0.1, 0.15) is 66.3 Å². The predicted octanol–water partition coefficient (Wildman–Crippen LogP) is 5.63. The molecule has 1 fully saturated rings. The van der Waals surface area contributed by atoms with E-state index in [0.29, 0.717) is 12.3 Å². The molecule has 0 aromatic heterocycles. The quantitative estimate of drug-likeness (QED) is 0.347. The second-order valence-electron chi connectivity index (χ2n) is 8.71. The number of hydrogen-bond acceptors (Lipinski definition) is 6. The molecule has 2 aromatic rings. The summed E-state index contributed by atoms with van der Waals surface area (Å²) in [5.74, 6) is 0.776. The molecule has 0 heterocycles. The number of rotatable bonds is 9. The fourth-order valence-corrected chi connectivity index (χ4v) is 4.15. The van der Waals surface area contributed by atoms with Crippen LogP contribution in [-0.4, -0.2) is 38.9 Å². The third-order valence-electron chi connectivity index (χ3n) is 5.31. The average Bonchev–Trinajstić information content (AvgIpc) is 3.61. The number of carbonyl (C=O) groups is 1. The van der Waals surface area contributed by atoms with Gasteiger partial charge in [-0.3, -0.25) is 5.14 Å². The first-order valence-electron chi connectivity index (χ1n) is 11.4. The van der Waals surface area contributed by atoms with Gasteiger partial charge in [0, 0.05) is 17.9 Å². The van der Waals surface area contributed by atoms with E-state index < -0.39 is 6.61 Å². The summed E-state index contributed by atoms with van der Waals surface area (Å²) in [6.45, 7) is 4.24. The van der Waals surface area contributed by atoms with Crippen molar-refractivity contribution in [2.75, 3.05) is 21.1 Å². The van der Waals surface area contributed by atoms with E-state index in [1.165, 1.54) is 30.1 Å². The molecule has 0 spiro atoms. The minimum absolute atomic E-state index is 0.175. The Hall–Kier alpha value is -2.00. The monoisotopic (exact) mass is 495 g/mol. The summed E-state index contributed by atoms with van der Waals surface area (Å²) in [7, 11) is 5.64. The van der Waals surface area contributed by atoms with Gasteiger partial charge in [-0.15, -0.1) is 0 Å². The van der Waals surface area contributed by atoms with Crippen molar-refractivity contribution in [1.82, 2.24) is 4.90 Å². The van der Waals surface area contributed by atoms with Crippen LogP contribution in [0.2, 0.25) is 0 Å². The lowest BCUT2D eigenvalue weighted by Gasteiger charge is -2.18. The first-order valence-corrected chi connectivity index (χ1v) is 12.3. The number of carbonyl (C=O) groups excluding carboxylic acids is 1. The molecular formula is C26H39F2N3O2S. The van der Waals surface area contributed by atoms with Gasteiger partial charge >= 0.3 is 6.61 Å². The molecule has 5 nitrogen and oxygen atoms in total. The van der Waals surface area contributed by atoms with Crippen molar-refractivity contribution >= 4 is 18.2 Å². The van der Waals surface area contributed by atoms with E-state index in [4.69, 9.17) is 5.14 Å². The summed E-state index contributed by atoms with van der Waals surface area (Å²) in [5, 5.41) is 5.51. The van der Waals surface area contributed by atoms with E-state index in [1.54, 1.807) is 12.1 Å². The first-order chi connectivity index (χ1) is 16.2. The van der Waals surface area contributed by atoms with Gasteiger partial charge in [-0.2, -0.15) is 8.78 Å². The normalized spacial score (nSPS) is 12.7. The van der Waals surface area contributed by atoms with Crippen molar-refractivity contribution in [3.63, 3.8) is 0 Å². The smallest absolute Gasteiger partial charge is 0.387 e. The van der Waals surface area contributed by atoms with Crippen LogP contribution >= 0.6 is 11.9 Å². The number of halogens is 2. The minimum Gasteiger partial charge on any atom is -0.435 e. The molecule has 34 heavy (non-hydrogen) atoms. The van der Waals surface area contributed by atoms with E-state index in [1.807, 2.05) is 13.8 Å². The van der Waals surface area contributed by atoms with Crippen molar-refractivity contribution in [3.05, 3.63) is 58.1 Å². The number of nitrogens with two attached hydrogens (primary N) is 2. The fraction of sp³-hybridized carbons (Fsp3) is 0.500. The molecule has 0 aliphatic heterocycles. The van der Waals surface area contributed by atoms with Gasteiger partial charge in [0.15, 0.2) is 0 Å². The highest BCUT2D eigenvalue weighted by atomic mass is 32.2. The van der Waals surface area contributed by atoms with Crippen molar-refractivity contribution < 1.29 is 18.3 Å². The molecule has 190 valence electrons.